The summed E-state index contributed by atoms with van der Waals surface area (Å²) in [6.07, 6.45) is 3.65. The lowest BCUT2D eigenvalue weighted by Crippen LogP contribution is -2.00. The van der Waals surface area contributed by atoms with E-state index in [1.54, 1.807) is 12.1 Å². The van der Waals surface area contributed by atoms with Gasteiger partial charge in [-0.1, -0.05) is 48.5 Å². The standard InChI is InChI=1S/C22H18N2O/c25-22-9-7-18(8-10-22)20-12-21(15-23-14-20)24-13-16-5-6-17-3-1-2-4-19(17)11-16/h1-12,14-15,24-25H,13H2. The molecule has 1 aromatic heterocycles. The van der Waals surface area contributed by atoms with Gasteiger partial charge in [0.1, 0.15) is 5.75 Å². The smallest absolute Gasteiger partial charge is 0.115 e. The quantitative estimate of drug-likeness (QED) is 0.540. The summed E-state index contributed by atoms with van der Waals surface area (Å²) in [5, 5.41) is 15.4. The van der Waals surface area contributed by atoms with E-state index in [1.807, 2.05) is 24.5 Å². The highest BCUT2D eigenvalue weighted by Crippen LogP contribution is 2.24. The second kappa shape index (κ2) is 6.65. The number of nitrogens with zero attached hydrogens (tertiary/aromatic N) is 1. The summed E-state index contributed by atoms with van der Waals surface area (Å²) in [6.45, 7) is 0.742. The van der Waals surface area contributed by atoms with Crippen molar-refractivity contribution in [1.29, 1.82) is 0 Å². The second-order valence-corrected chi connectivity index (χ2v) is 6.04. The van der Waals surface area contributed by atoms with Crippen LogP contribution in [0.25, 0.3) is 21.9 Å². The Hall–Kier alpha value is -3.33. The molecule has 0 saturated carbocycles. The first-order valence-electron chi connectivity index (χ1n) is 8.24. The van der Waals surface area contributed by atoms with Gasteiger partial charge in [0.2, 0.25) is 0 Å². The van der Waals surface area contributed by atoms with Gasteiger partial charge in [-0.15, -0.1) is 0 Å². The van der Waals surface area contributed by atoms with Gasteiger partial charge in [0.15, 0.2) is 0 Å². The van der Waals surface area contributed by atoms with Gasteiger partial charge < -0.3 is 10.4 Å². The molecule has 3 aromatic carbocycles. The molecule has 0 atom stereocenters. The number of nitrogens with one attached hydrogen (secondary N) is 1. The first-order chi connectivity index (χ1) is 12.3. The molecule has 4 aromatic rings. The van der Waals surface area contributed by atoms with Crippen LogP contribution in [-0.2, 0) is 6.54 Å². The molecule has 0 amide bonds. The molecule has 122 valence electrons. The van der Waals surface area contributed by atoms with E-state index < -0.39 is 0 Å². The third kappa shape index (κ3) is 3.45. The van der Waals surface area contributed by atoms with Crippen LogP contribution < -0.4 is 5.32 Å². The van der Waals surface area contributed by atoms with Crippen molar-refractivity contribution >= 4 is 16.5 Å². The highest BCUT2D eigenvalue weighted by molar-refractivity contribution is 5.83. The first kappa shape index (κ1) is 15.2. The number of benzene rings is 3. The molecule has 25 heavy (non-hydrogen) atoms. The number of hydrogen-bond acceptors (Lipinski definition) is 3. The summed E-state index contributed by atoms with van der Waals surface area (Å²) >= 11 is 0. The predicted octanol–water partition coefficient (Wildman–Crippen LogP) is 5.22. The highest BCUT2D eigenvalue weighted by atomic mass is 16.3. The van der Waals surface area contributed by atoms with Crippen LogP contribution in [0.1, 0.15) is 5.56 Å². The average Bonchev–Trinajstić information content (AvgIpc) is 2.67. The normalized spacial score (nSPS) is 10.7. The number of phenols is 1. The molecule has 3 nitrogen and oxygen atoms in total. The maximum Gasteiger partial charge on any atom is 0.115 e. The van der Waals surface area contributed by atoms with Gasteiger partial charge in [0, 0.05) is 24.5 Å². The summed E-state index contributed by atoms with van der Waals surface area (Å²) in [5.74, 6) is 0.266. The second-order valence-electron chi connectivity index (χ2n) is 6.04. The van der Waals surface area contributed by atoms with Gasteiger partial charge in [-0.05, 0) is 46.2 Å². The van der Waals surface area contributed by atoms with Crippen LogP contribution in [0.5, 0.6) is 5.75 Å². The minimum absolute atomic E-state index is 0.266. The number of anilines is 1. The Balaban J connectivity index is 1.52. The number of aromatic hydroxyl groups is 1. The summed E-state index contributed by atoms with van der Waals surface area (Å²) < 4.78 is 0. The van der Waals surface area contributed by atoms with Gasteiger partial charge in [-0.3, -0.25) is 4.98 Å². The van der Waals surface area contributed by atoms with Crippen molar-refractivity contribution < 1.29 is 5.11 Å². The number of rotatable bonds is 4. The fourth-order valence-corrected chi connectivity index (χ4v) is 2.90. The predicted molar refractivity (Wildman–Crippen MR) is 103 cm³/mol. The Kier molecular flexibility index (Phi) is 4.05. The lowest BCUT2D eigenvalue weighted by molar-refractivity contribution is 0.475. The van der Waals surface area contributed by atoms with E-state index >= 15 is 0 Å². The van der Waals surface area contributed by atoms with Crippen molar-refractivity contribution in [2.24, 2.45) is 0 Å². The number of fused-ring (bicyclic) bond motifs is 1. The zero-order valence-corrected chi connectivity index (χ0v) is 13.7. The molecule has 0 unspecified atom stereocenters. The Morgan fingerprint density at radius 2 is 1.56 bits per heavy atom. The van der Waals surface area contributed by atoms with Crippen molar-refractivity contribution in [3.63, 3.8) is 0 Å². The molecule has 0 radical (unpaired) electrons. The van der Waals surface area contributed by atoms with Gasteiger partial charge >= 0.3 is 0 Å². The fraction of sp³-hybridized carbons (Fsp3) is 0.0455. The molecule has 0 aliphatic heterocycles. The molecular weight excluding hydrogens is 308 g/mol. The van der Waals surface area contributed by atoms with Crippen LogP contribution in [0.3, 0.4) is 0 Å². The summed E-state index contributed by atoms with van der Waals surface area (Å²) in [7, 11) is 0. The van der Waals surface area contributed by atoms with Gasteiger partial charge in [-0.2, -0.15) is 0 Å². The topological polar surface area (TPSA) is 45.2 Å². The average molecular weight is 326 g/mol. The maximum absolute atomic E-state index is 9.42. The van der Waals surface area contributed by atoms with Crippen LogP contribution in [0.4, 0.5) is 5.69 Å². The van der Waals surface area contributed by atoms with Crippen LogP contribution in [0, 0.1) is 0 Å². The molecule has 0 saturated heterocycles. The van der Waals surface area contributed by atoms with E-state index in [-0.39, 0.29) is 5.75 Å². The molecule has 3 heteroatoms. The van der Waals surface area contributed by atoms with Crippen molar-refractivity contribution in [2.75, 3.05) is 5.32 Å². The minimum Gasteiger partial charge on any atom is -0.508 e. The molecule has 0 bridgehead atoms. The Labute approximate surface area is 146 Å². The van der Waals surface area contributed by atoms with Crippen LogP contribution >= 0.6 is 0 Å². The molecule has 4 rings (SSSR count). The third-order valence-electron chi connectivity index (χ3n) is 4.25. The Morgan fingerprint density at radius 1 is 0.760 bits per heavy atom. The van der Waals surface area contributed by atoms with Gasteiger partial charge in [0.05, 0.1) is 5.69 Å². The van der Waals surface area contributed by atoms with Crippen molar-refractivity contribution in [1.82, 2.24) is 4.98 Å². The summed E-state index contributed by atoms with van der Waals surface area (Å²) in [5.41, 5.74) is 4.25. The Morgan fingerprint density at radius 3 is 2.40 bits per heavy atom. The van der Waals surface area contributed by atoms with Gasteiger partial charge in [-0.25, -0.2) is 0 Å². The van der Waals surface area contributed by atoms with Crippen molar-refractivity contribution in [3.05, 3.63) is 90.8 Å². The summed E-state index contributed by atoms with van der Waals surface area (Å²) in [6, 6.07) is 24.1. The Bertz CT molecular complexity index is 1010. The lowest BCUT2D eigenvalue weighted by Gasteiger charge is -2.09. The van der Waals surface area contributed by atoms with E-state index in [9.17, 15) is 5.11 Å². The van der Waals surface area contributed by atoms with E-state index in [2.05, 4.69) is 58.8 Å². The van der Waals surface area contributed by atoms with Gasteiger partial charge in [0.25, 0.3) is 0 Å². The highest BCUT2D eigenvalue weighted by Gasteiger charge is 2.02. The van der Waals surface area contributed by atoms with Crippen molar-refractivity contribution in [2.45, 2.75) is 6.54 Å². The largest absolute Gasteiger partial charge is 0.508 e. The van der Waals surface area contributed by atoms with Crippen molar-refractivity contribution in [3.8, 4) is 16.9 Å². The van der Waals surface area contributed by atoms with E-state index in [0.717, 1.165) is 23.4 Å². The van der Waals surface area contributed by atoms with E-state index in [4.69, 9.17) is 0 Å². The molecule has 0 aliphatic carbocycles. The molecular formula is C22H18N2O. The summed E-state index contributed by atoms with van der Waals surface area (Å²) in [4.78, 5) is 4.32. The van der Waals surface area contributed by atoms with Crippen LogP contribution in [-0.4, -0.2) is 10.1 Å². The zero-order chi connectivity index (χ0) is 17.1. The zero-order valence-electron chi connectivity index (χ0n) is 13.7. The molecule has 0 spiro atoms. The third-order valence-corrected chi connectivity index (χ3v) is 4.25. The van der Waals surface area contributed by atoms with Crippen LogP contribution in [0.2, 0.25) is 0 Å². The van der Waals surface area contributed by atoms with E-state index in [0.29, 0.717) is 0 Å². The minimum atomic E-state index is 0.266. The number of phenolic OH excluding ortho intramolecular Hbond substituents is 1. The van der Waals surface area contributed by atoms with E-state index in [1.165, 1.54) is 16.3 Å². The molecule has 0 fully saturated rings. The monoisotopic (exact) mass is 326 g/mol. The lowest BCUT2D eigenvalue weighted by atomic mass is 10.1. The maximum atomic E-state index is 9.42. The fourth-order valence-electron chi connectivity index (χ4n) is 2.90. The SMILES string of the molecule is Oc1ccc(-c2cncc(NCc3ccc4ccccc4c3)c2)cc1. The number of aromatic nitrogens is 1. The molecule has 1 heterocycles. The first-order valence-corrected chi connectivity index (χ1v) is 8.24. The number of pyridine rings is 1. The molecule has 2 N–H and O–H groups in total. The molecule has 0 aliphatic rings. The van der Waals surface area contributed by atoms with Crippen LogP contribution in [0.15, 0.2) is 85.2 Å². The number of hydrogen-bond donors (Lipinski definition) is 2.